The van der Waals surface area contributed by atoms with E-state index < -0.39 is 18.5 Å². The van der Waals surface area contributed by atoms with Crippen molar-refractivity contribution in [1.82, 2.24) is 10.1 Å². The highest BCUT2D eigenvalue weighted by Gasteiger charge is 2.15. The maximum atomic E-state index is 12.4. The van der Waals surface area contributed by atoms with Crippen LogP contribution in [0.15, 0.2) is 45.1 Å². The van der Waals surface area contributed by atoms with Crippen LogP contribution in [-0.2, 0) is 15.3 Å². The van der Waals surface area contributed by atoms with Crippen LogP contribution in [-0.4, -0.2) is 28.6 Å². The van der Waals surface area contributed by atoms with Crippen LogP contribution < -0.4 is 5.32 Å². The van der Waals surface area contributed by atoms with E-state index in [1.54, 1.807) is 36.5 Å². The van der Waals surface area contributed by atoms with Gasteiger partial charge in [-0.05, 0) is 26.0 Å². The van der Waals surface area contributed by atoms with Gasteiger partial charge in [0.15, 0.2) is 12.4 Å². The highest BCUT2D eigenvalue weighted by atomic mass is 32.2. The summed E-state index contributed by atoms with van der Waals surface area (Å²) in [5.74, 6) is 0.464. The van der Waals surface area contributed by atoms with Crippen LogP contribution in [0.2, 0.25) is 0 Å². The molecule has 9 heteroatoms. The molecule has 1 amide bonds. The average molecular weight is 403 g/mol. The summed E-state index contributed by atoms with van der Waals surface area (Å²) in [4.78, 5) is 29.4. The normalized spacial score (nSPS) is 10.6. The molecule has 1 N–H and O–H groups in total. The van der Waals surface area contributed by atoms with Crippen LogP contribution >= 0.6 is 23.1 Å². The zero-order chi connectivity index (χ0) is 19.2. The second-order valence-electron chi connectivity index (χ2n) is 5.59. The monoisotopic (exact) mass is 403 g/mol. The van der Waals surface area contributed by atoms with E-state index in [4.69, 9.17) is 9.26 Å². The molecule has 0 saturated heterocycles. The molecular weight excluding hydrogens is 386 g/mol. The number of thiazole rings is 1. The van der Waals surface area contributed by atoms with E-state index in [1.807, 2.05) is 24.4 Å². The van der Waals surface area contributed by atoms with E-state index >= 15 is 0 Å². The minimum atomic E-state index is -0.556. The Labute approximate surface area is 164 Å². The van der Waals surface area contributed by atoms with Crippen molar-refractivity contribution < 1.29 is 18.8 Å². The van der Waals surface area contributed by atoms with Crippen molar-refractivity contribution in [3.8, 4) is 0 Å². The van der Waals surface area contributed by atoms with Crippen LogP contribution in [0.4, 0.5) is 5.82 Å². The van der Waals surface area contributed by atoms with E-state index in [1.165, 1.54) is 11.8 Å². The van der Waals surface area contributed by atoms with Crippen molar-refractivity contribution in [3.05, 3.63) is 57.7 Å². The third-order valence-electron chi connectivity index (χ3n) is 3.38. The van der Waals surface area contributed by atoms with Crippen LogP contribution in [0.1, 0.15) is 26.8 Å². The van der Waals surface area contributed by atoms with Gasteiger partial charge in [0, 0.05) is 22.1 Å². The standard InChI is InChI=1S/C18H17N3O4S2/c1-11-7-16(21-25-11)20-17(22)8-24-18(23)14-5-3-4-6-15(14)27-10-13-9-26-12(2)19-13/h3-7,9H,8,10H2,1-2H3,(H,20,21,22). The molecule has 3 aromatic rings. The Kier molecular flexibility index (Phi) is 6.25. The molecule has 0 aliphatic carbocycles. The van der Waals surface area contributed by atoms with Crippen LogP contribution in [0.25, 0.3) is 0 Å². The third kappa shape index (κ3) is 5.41. The molecule has 0 aliphatic heterocycles. The molecule has 7 nitrogen and oxygen atoms in total. The zero-order valence-electron chi connectivity index (χ0n) is 14.7. The number of benzene rings is 1. The molecule has 2 aromatic heterocycles. The van der Waals surface area contributed by atoms with Crippen molar-refractivity contribution in [2.75, 3.05) is 11.9 Å². The number of carbonyl (C=O) groups is 2. The summed E-state index contributed by atoms with van der Waals surface area (Å²) >= 11 is 3.09. The first kappa shape index (κ1) is 19.1. The van der Waals surface area contributed by atoms with Crippen molar-refractivity contribution >= 4 is 40.8 Å². The van der Waals surface area contributed by atoms with E-state index in [2.05, 4.69) is 15.5 Å². The molecule has 140 valence electrons. The number of aromatic nitrogens is 2. The van der Waals surface area contributed by atoms with Crippen molar-refractivity contribution in [2.24, 2.45) is 0 Å². The lowest BCUT2D eigenvalue weighted by Crippen LogP contribution is -2.21. The fourth-order valence-corrected chi connectivity index (χ4v) is 3.85. The first-order valence-electron chi connectivity index (χ1n) is 8.04. The van der Waals surface area contributed by atoms with Gasteiger partial charge in [-0.15, -0.1) is 23.1 Å². The van der Waals surface area contributed by atoms with Gasteiger partial charge in [0.2, 0.25) is 0 Å². The number of nitrogens with one attached hydrogen (secondary N) is 1. The molecule has 1 aromatic carbocycles. The van der Waals surface area contributed by atoms with E-state index in [-0.39, 0.29) is 5.82 Å². The first-order valence-corrected chi connectivity index (χ1v) is 9.91. The number of ether oxygens (including phenoxy) is 1. The number of aryl methyl sites for hydroxylation is 2. The fraction of sp³-hybridized carbons (Fsp3) is 0.222. The lowest BCUT2D eigenvalue weighted by Gasteiger charge is -2.08. The minimum Gasteiger partial charge on any atom is -0.452 e. The van der Waals surface area contributed by atoms with Gasteiger partial charge in [-0.2, -0.15) is 0 Å². The SMILES string of the molecule is Cc1cc(NC(=O)COC(=O)c2ccccc2SCc2csc(C)n2)no1. The summed E-state index contributed by atoms with van der Waals surface area (Å²) in [6, 6.07) is 8.71. The minimum absolute atomic E-state index is 0.281. The van der Waals surface area contributed by atoms with Crippen molar-refractivity contribution in [1.29, 1.82) is 0 Å². The van der Waals surface area contributed by atoms with Crippen LogP contribution in [0, 0.1) is 13.8 Å². The van der Waals surface area contributed by atoms with Crippen molar-refractivity contribution in [3.63, 3.8) is 0 Å². The van der Waals surface area contributed by atoms with Gasteiger partial charge in [-0.1, -0.05) is 17.3 Å². The Morgan fingerprint density at radius 2 is 2.11 bits per heavy atom. The largest absolute Gasteiger partial charge is 0.452 e. The van der Waals surface area contributed by atoms with E-state index in [0.29, 0.717) is 17.1 Å². The van der Waals surface area contributed by atoms with Gasteiger partial charge in [0.05, 0.1) is 16.3 Å². The smallest absolute Gasteiger partial charge is 0.339 e. The molecule has 0 radical (unpaired) electrons. The fourth-order valence-electron chi connectivity index (χ4n) is 2.20. The number of anilines is 1. The number of hydrogen-bond acceptors (Lipinski definition) is 8. The molecule has 0 aliphatic rings. The number of carbonyl (C=O) groups excluding carboxylic acids is 2. The van der Waals surface area contributed by atoms with Crippen LogP contribution in [0.5, 0.6) is 0 Å². The van der Waals surface area contributed by atoms with E-state index in [0.717, 1.165) is 15.6 Å². The van der Waals surface area contributed by atoms with Gasteiger partial charge < -0.3 is 14.6 Å². The molecule has 0 unspecified atom stereocenters. The van der Waals surface area contributed by atoms with Gasteiger partial charge in [0.25, 0.3) is 5.91 Å². The number of rotatable bonds is 7. The van der Waals surface area contributed by atoms with Crippen LogP contribution in [0.3, 0.4) is 0 Å². The Bertz CT molecular complexity index is 951. The summed E-state index contributed by atoms with van der Waals surface area (Å²) in [7, 11) is 0. The molecular formula is C18H17N3O4S2. The predicted octanol–water partition coefficient (Wildman–Crippen LogP) is 3.84. The van der Waals surface area contributed by atoms with Crippen molar-refractivity contribution in [2.45, 2.75) is 24.5 Å². The maximum absolute atomic E-state index is 12.4. The second-order valence-corrected chi connectivity index (χ2v) is 7.67. The Hall–Kier alpha value is -2.65. The Morgan fingerprint density at radius 3 is 2.81 bits per heavy atom. The lowest BCUT2D eigenvalue weighted by atomic mass is 10.2. The highest BCUT2D eigenvalue weighted by Crippen LogP contribution is 2.27. The molecule has 0 fully saturated rings. The summed E-state index contributed by atoms with van der Waals surface area (Å²) in [6.45, 7) is 3.26. The summed E-state index contributed by atoms with van der Waals surface area (Å²) in [5.41, 5.74) is 1.38. The Balaban J connectivity index is 1.56. The molecule has 0 atom stereocenters. The molecule has 0 bridgehead atoms. The molecule has 2 heterocycles. The average Bonchev–Trinajstić information content (AvgIpc) is 3.26. The number of nitrogens with zero attached hydrogens (tertiary/aromatic N) is 2. The maximum Gasteiger partial charge on any atom is 0.339 e. The molecule has 0 spiro atoms. The first-order chi connectivity index (χ1) is 13.0. The number of amides is 1. The topological polar surface area (TPSA) is 94.3 Å². The van der Waals surface area contributed by atoms with Gasteiger partial charge in [-0.3, -0.25) is 4.79 Å². The summed E-state index contributed by atoms with van der Waals surface area (Å²) in [5, 5.41) is 9.16. The Morgan fingerprint density at radius 1 is 1.30 bits per heavy atom. The summed E-state index contributed by atoms with van der Waals surface area (Å²) in [6.07, 6.45) is 0. The highest BCUT2D eigenvalue weighted by molar-refractivity contribution is 7.98. The summed E-state index contributed by atoms with van der Waals surface area (Å²) < 4.78 is 9.99. The molecule has 3 rings (SSSR count). The van der Waals surface area contributed by atoms with E-state index in [9.17, 15) is 9.59 Å². The number of thioether (sulfide) groups is 1. The third-order valence-corrected chi connectivity index (χ3v) is 5.31. The van der Waals surface area contributed by atoms with Gasteiger partial charge in [-0.25, -0.2) is 9.78 Å². The van der Waals surface area contributed by atoms with Gasteiger partial charge in [0.1, 0.15) is 5.76 Å². The molecule has 27 heavy (non-hydrogen) atoms. The number of esters is 1. The number of hydrogen-bond donors (Lipinski definition) is 1. The molecule has 0 saturated carbocycles. The lowest BCUT2D eigenvalue weighted by molar-refractivity contribution is -0.119. The van der Waals surface area contributed by atoms with Gasteiger partial charge >= 0.3 is 5.97 Å². The zero-order valence-corrected chi connectivity index (χ0v) is 16.4. The second kappa shape index (κ2) is 8.83. The predicted molar refractivity (Wildman–Crippen MR) is 103 cm³/mol. The quantitative estimate of drug-likeness (QED) is 0.473.